The van der Waals surface area contributed by atoms with Crippen molar-refractivity contribution in [3.8, 4) is 0 Å². The largest absolute Gasteiger partial charge is 0.379 e. The van der Waals surface area contributed by atoms with Gasteiger partial charge in [-0.05, 0) is 18.1 Å². The zero-order valence-electron chi connectivity index (χ0n) is 10.1. The summed E-state index contributed by atoms with van der Waals surface area (Å²) in [7, 11) is 1.97. The Morgan fingerprint density at radius 1 is 1.61 bits per heavy atom. The van der Waals surface area contributed by atoms with Crippen LogP contribution in [-0.2, 0) is 10.6 Å². The van der Waals surface area contributed by atoms with Crippen LogP contribution >= 0.6 is 11.6 Å². The Morgan fingerprint density at radius 2 is 2.39 bits per heavy atom. The van der Waals surface area contributed by atoms with Crippen molar-refractivity contribution < 1.29 is 9.66 Å². The number of hydrogen-bond acceptors (Lipinski definition) is 4. The van der Waals surface area contributed by atoms with E-state index in [-0.39, 0.29) is 11.6 Å². The number of nitro benzene ring substituents is 1. The SMILES string of the molecule is CN(c1ccc([N+](=O)[O-])cc1CCl)C1CCOC1. The molecule has 0 radical (unpaired) electrons. The highest BCUT2D eigenvalue weighted by atomic mass is 35.5. The van der Waals surface area contributed by atoms with Crippen LogP contribution in [0.3, 0.4) is 0 Å². The van der Waals surface area contributed by atoms with Crippen molar-refractivity contribution in [1.82, 2.24) is 0 Å². The van der Waals surface area contributed by atoms with Gasteiger partial charge in [-0.1, -0.05) is 0 Å². The van der Waals surface area contributed by atoms with Crippen molar-refractivity contribution in [3.05, 3.63) is 33.9 Å². The number of nitrogens with zero attached hydrogens (tertiary/aromatic N) is 2. The van der Waals surface area contributed by atoms with Gasteiger partial charge in [0, 0.05) is 37.4 Å². The molecule has 0 spiro atoms. The summed E-state index contributed by atoms with van der Waals surface area (Å²) in [6, 6.07) is 5.12. The highest BCUT2D eigenvalue weighted by molar-refractivity contribution is 6.17. The van der Waals surface area contributed by atoms with Crippen LogP contribution < -0.4 is 4.90 Å². The summed E-state index contributed by atoms with van der Waals surface area (Å²) in [5, 5.41) is 10.7. The fraction of sp³-hybridized carbons (Fsp3) is 0.500. The van der Waals surface area contributed by atoms with E-state index in [2.05, 4.69) is 4.90 Å². The Bertz CT molecular complexity index is 447. The zero-order chi connectivity index (χ0) is 13.1. The second-order valence-corrected chi connectivity index (χ2v) is 4.60. The Hall–Kier alpha value is -1.33. The molecule has 1 aliphatic heterocycles. The van der Waals surface area contributed by atoms with E-state index in [1.54, 1.807) is 6.07 Å². The van der Waals surface area contributed by atoms with Crippen molar-refractivity contribution in [3.63, 3.8) is 0 Å². The molecule has 0 aliphatic carbocycles. The van der Waals surface area contributed by atoms with Crippen LogP contribution in [0.2, 0.25) is 0 Å². The molecule has 1 unspecified atom stereocenters. The maximum Gasteiger partial charge on any atom is 0.269 e. The first-order valence-corrected chi connectivity index (χ1v) is 6.30. The topological polar surface area (TPSA) is 55.6 Å². The number of anilines is 1. The molecule has 1 aromatic rings. The fourth-order valence-corrected chi connectivity index (χ4v) is 2.37. The van der Waals surface area contributed by atoms with E-state index in [0.29, 0.717) is 12.6 Å². The quantitative estimate of drug-likeness (QED) is 0.479. The van der Waals surface area contributed by atoms with Crippen LogP contribution in [0.15, 0.2) is 18.2 Å². The Kier molecular flexibility index (Phi) is 4.04. The molecule has 1 saturated heterocycles. The molecule has 1 atom stereocenters. The Morgan fingerprint density at radius 3 is 2.94 bits per heavy atom. The summed E-state index contributed by atoms with van der Waals surface area (Å²) >= 11 is 5.88. The normalized spacial score (nSPS) is 18.9. The van der Waals surface area contributed by atoms with E-state index in [4.69, 9.17) is 16.3 Å². The van der Waals surface area contributed by atoms with E-state index in [1.165, 1.54) is 12.1 Å². The molecule has 2 rings (SSSR count). The second kappa shape index (κ2) is 5.54. The van der Waals surface area contributed by atoms with Gasteiger partial charge < -0.3 is 9.64 Å². The van der Waals surface area contributed by atoms with Crippen LogP contribution in [0, 0.1) is 10.1 Å². The number of halogens is 1. The van der Waals surface area contributed by atoms with Crippen LogP contribution in [0.4, 0.5) is 11.4 Å². The number of non-ortho nitro benzene ring substituents is 1. The van der Waals surface area contributed by atoms with Gasteiger partial charge in [0.05, 0.1) is 17.6 Å². The molecule has 0 saturated carbocycles. The molecular formula is C12H15ClN2O3. The van der Waals surface area contributed by atoms with Crippen LogP contribution in [0.5, 0.6) is 0 Å². The van der Waals surface area contributed by atoms with Crippen molar-refractivity contribution in [2.45, 2.75) is 18.3 Å². The summed E-state index contributed by atoms with van der Waals surface area (Å²) in [6.45, 7) is 1.45. The first-order chi connectivity index (χ1) is 8.63. The molecular weight excluding hydrogens is 256 g/mol. The summed E-state index contributed by atoms with van der Waals surface area (Å²) in [4.78, 5) is 12.4. The van der Waals surface area contributed by atoms with Gasteiger partial charge in [0.25, 0.3) is 5.69 Å². The lowest BCUT2D eigenvalue weighted by molar-refractivity contribution is -0.384. The lowest BCUT2D eigenvalue weighted by Crippen LogP contribution is -2.32. The van der Waals surface area contributed by atoms with Crippen molar-refractivity contribution >= 4 is 23.0 Å². The third-order valence-electron chi connectivity index (χ3n) is 3.25. The summed E-state index contributed by atoms with van der Waals surface area (Å²) < 4.78 is 5.35. The number of alkyl halides is 1. The molecule has 0 N–H and O–H groups in total. The number of rotatable bonds is 4. The average Bonchev–Trinajstić information content (AvgIpc) is 2.90. The Labute approximate surface area is 110 Å². The van der Waals surface area contributed by atoms with Gasteiger partial charge in [0.15, 0.2) is 0 Å². The minimum atomic E-state index is -0.404. The minimum absolute atomic E-state index is 0.0745. The standard InChI is InChI=1S/C12H15ClN2O3/c1-14(11-4-5-18-8-11)12-3-2-10(15(16)17)6-9(12)7-13/h2-3,6,11H,4-5,7-8H2,1H3. The highest BCUT2D eigenvalue weighted by Gasteiger charge is 2.23. The van der Waals surface area contributed by atoms with E-state index < -0.39 is 4.92 Å². The van der Waals surface area contributed by atoms with Crippen molar-refractivity contribution in [1.29, 1.82) is 0 Å². The van der Waals surface area contributed by atoms with Crippen molar-refractivity contribution in [2.75, 3.05) is 25.2 Å². The lowest BCUT2D eigenvalue weighted by Gasteiger charge is -2.27. The summed E-state index contributed by atoms with van der Waals surface area (Å²) in [5.41, 5.74) is 1.79. The summed E-state index contributed by atoms with van der Waals surface area (Å²) in [5.74, 6) is 0.259. The van der Waals surface area contributed by atoms with Gasteiger partial charge in [-0.15, -0.1) is 11.6 Å². The molecule has 0 aromatic heterocycles. The molecule has 5 nitrogen and oxygen atoms in total. The second-order valence-electron chi connectivity index (χ2n) is 4.33. The zero-order valence-corrected chi connectivity index (χ0v) is 10.9. The fourth-order valence-electron chi connectivity index (χ4n) is 2.16. The predicted octanol–water partition coefficient (Wildman–Crippen LogP) is 2.56. The van der Waals surface area contributed by atoms with Gasteiger partial charge in [-0.3, -0.25) is 10.1 Å². The summed E-state index contributed by atoms with van der Waals surface area (Å²) in [6.07, 6.45) is 0.967. The average molecular weight is 271 g/mol. The van der Waals surface area contributed by atoms with Gasteiger partial charge in [0.2, 0.25) is 0 Å². The molecule has 1 aliphatic rings. The molecule has 98 valence electrons. The third-order valence-corrected chi connectivity index (χ3v) is 3.54. The van der Waals surface area contributed by atoms with E-state index >= 15 is 0 Å². The number of benzene rings is 1. The first-order valence-electron chi connectivity index (χ1n) is 5.77. The molecule has 0 amide bonds. The first kappa shape index (κ1) is 13.1. The molecule has 1 heterocycles. The predicted molar refractivity (Wildman–Crippen MR) is 70.3 cm³/mol. The molecule has 18 heavy (non-hydrogen) atoms. The van der Waals surface area contributed by atoms with Crippen LogP contribution in [-0.4, -0.2) is 31.2 Å². The maximum atomic E-state index is 10.7. The molecule has 1 fully saturated rings. The Balaban J connectivity index is 2.28. The van der Waals surface area contributed by atoms with E-state index in [0.717, 1.165) is 24.3 Å². The van der Waals surface area contributed by atoms with Crippen LogP contribution in [0.25, 0.3) is 0 Å². The van der Waals surface area contributed by atoms with Crippen LogP contribution in [0.1, 0.15) is 12.0 Å². The van der Waals surface area contributed by atoms with E-state index in [1.807, 2.05) is 7.05 Å². The van der Waals surface area contributed by atoms with Gasteiger partial charge in [-0.2, -0.15) is 0 Å². The van der Waals surface area contributed by atoms with E-state index in [9.17, 15) is 10.1 Å². The van der Waals surface area contributed by atoms with Gasteiger partial charge >= 0.3 is 0 Å². The monoisotopic (exact) mass is 270 g/mol. The number of ether oxygens (including phenoxy) is 1. The number of hydrogen-bond donors (Lipinski definition) is 0. The van der Waals surface area contributed by atoms with Crippen molar-refractivity contribution in [2.24, 2.45) is 0 Å². The van der Waals surface area contributed by atoms with Gasteiger partial charge in [-0.25, -0.2) is 0 Å². The number of likely N-dealkylation sites (N-methyl/N-ethyl adjacent to an activating group) is 1. The highest BCUT2D eigenvalue weighted by Crippen LogP contribution is 2.29. The maximum absolute atomic E-state index is 10.7. The molecule has 0 bridgehead atoms. The smallest absolute Gasteiger partial charge is 0.269 e. The minimum Gasteiger partial charge on any atom is -0.379 e. The van der Waals surface area contributed by atoms with Gasteiger partial charge in [0.1, 0.15) is 0 Å². The molecule has 6 heteroatoms. The molecule has 1 aromatic carbocycles. The number of nitro groups is 1. The third kappa shape index (κ3) is 2.57. The lowest BCUT2D eigenvalue weighted by atomic mass is 10.1.